The van der Waals surface area contributed by atoms with Gasteiger partial charge in [-0.3, -0.25) is 9.78 Å². The highest BCUT2D eigenvalue weighted by Crippen LogP contribution is 2.26. The number of primary amides is 1. The van der Waals surface area contributed by atoms with Crippen molar-refractivity contribution in [2.24, 2.45) is 11.5 Å². The molecule has 0 aliphatic rings. The van der Waals surface area contributed by atoms with Crippen molar-refractivity contribution in [2.45, 2.75) is 6.04 Å². The monoisotopic (exact) mass is 422 g/mol. The van der Waals surface area contributed by atoms with Gasteiger partial charge in [-0.1, -0.05) is 6.07 Å². The van der Waals surface area contributed by atoms with Gasteiger partial charge in [-0.25, -0.2) is 9.37 Å². The molecule has 0 saturated heterocycles. The Labute approximate surface area is 176 Å². The van der Waals surface area contributed by atoms with Crippen molar-refractivity contribution >= 4 is 45.5 Å². The van der Waals surface area contributed by atoms with E-state index in [2.05, 4.69) is 20.6 Å². The van der Waals surface area contributed by atoms with Crippen LogP contribution in [0.3, 0.4) is 0 Å². The van der Waals surface area contributed by atoms with E-state index in [1.807, 2.05) is 41.1 Å². The highest BCUT2D eigenvalue weighted by molar-refractivity contribution is 7.07. The molecule has 152 valence electrons. The van der Waals surface area contributed by atoms with Crippen LogP contribution in [-0.2, 0) is 0 Å². The van der Waals surface area contributed by atoms with Gasteiger partial charge in [-0.05, 0) is 52.7 Å². The molecule has 0 aliphatic carbocycles. The largest absolute Gasteiger partial charge is 0.366 e. The number of carbonyl (C=O) groups is 1. The lowest BCUT2D eigenvalue weighted by molar-refractivity contribution is 0.100. The SMILES string of the molecule is NC(=O)c1cc(F)c(NC[C@@H](N)c2ccsc2)nc1Nc1ccc2ncccc2c1. The van der Waals surface area contributed by atoms with Crippen molar-refractivity contribution in [3.8, 4) is 0 Å². The molecule has 0 fully saturated rings. The van der Waals surface area contributed by atoms with E-state index in [9.17, 15) is 9.18 Å². The van der Waals surface area contributed by atoms with Gasteiger partial charge in [0.1, 0.15) is 5.82 Å². The van der Waals surface area contributed by atoms with E-state index in [-0.39, 0.29) is 29.8 Å². The van der Waals surface area contributed by atoms with Crippen molar-refractivity contribution in [1.29, 1.82) is 0 Å². The first kappa shape index (κ1) is 19.7. The van der Waals surface area contributed by atoms with Crippen molar-refractivity contribution < 1.29 is 9.18 Å². The predicted molar refractivity (Wildman–Crippen MR) is 117 cm³/mol. The summed E-state index contributed by atoms with van der Waals surface area (Å²) in [6, 6.07) is 11.9. The highest BCUT2D eigenvalue weighted by Gasteiger charge is 2.17. The van der Waals surface area contributed by atoms with Gasteiger partial charge in [0.15, 0.2) is 11.6 Å². The fourth-order valence-corrected chi connectivity index (χ4v) is 3.72. The molecule has 3 aromatic heterocycles. The first-order valence-electron chi connectivity index (χ1n) is 9.15. The number of rotatable bonds is 7. The van der Waals surface area contributed by atoms with Crippen LogP contribution in [0.5, 0.6) is 0 Å². The fourth-order valence-electron chi connectivity index (χ4n) is 3.00. The van der Waals surface area contributed by atoms with Crippen LogP contribution in [0.15, 0.2) is 59.4 Å². The number of thiophene rings is 1. The number of hydrogen-bond acceptors (Lipinski definition) is 7. The smallest absolute Gasteiger partial charge is 0.252 e. The summed E-state index contributed by atoms with van der Waals surface area (Å²) in [4.78, 5) is 20.4. The molecule has 9 heteroatoms. The van der Waals surface area contributed by atoms with Gasteiger partial charge in [-0.15, -0.1) is 0 Å². The molecular formula is C21H19FN6OS. The molecular weight excluding hydrogens is 403 g/mol. The van der Waals surface area contributed by atoms with E-state index < -0.39 is 11.7 Å². The number of nitrogens with zero attached hydrogens (tertiary/aromatic N) is 2. The lowest BCUT2D eigenvalue weighted by Crippen LogP contribution is -2.22. The summed E-state index contributed by atoms with van der Waals surface area (Å²) in [5.41, 5.74) is 14.0. The molecule has 7 nitrogen and oxygen atoms in total. The molecule has 30 heavy (non-hydrogen) atoms. The first-order chi connectivity index (χ1) is 14.5. The summed E-state index contributed by atoms with van der Waals surface area (Å²) >= 11 is 1.54. The molecule has 0 saturated carbocycles. The molecule has 1 aromatic carbocycles. The van der Waals surface area contributed by atoms with E-state index in [4.69, 9.17) is 11.5 Å². The summed E-state index contributed by atoms with van der Waals surface area (Å²) in [5.74, 6) is -1.34. The normalized spacial score (nSPS) is 11.9. The number of carbonyl (C=O) groups excluding carboxylic acids is 1. The number of aromatic nitrogens is 2. The number of hydrogen-bond donors (Lipinski definition) is 4. The van der Waals surface area contributed by atoms with E-state index >= 15 is 0 Å². The number of pyridine rings is 2. The minimum atomic E-state index is -0.784. The van der Waals surface area contributed by atoms with Crippen molar-refractivity contribution in [1.82, 2.24) is 9.97 Å². The Kier molecular flexibility index (Phi) is 5.55. The van der Waals surface area contributed by atoms with Crippen LogP contribution in [0.4, 0.5) is 21.7 Å². The quantitative estimate of drug-likeness (QED) is 0.360. The summed E-state index contributed by atoms with van der Waals surface area (Å²) in [5, 5.41) is 10.7. The molecule has 0 bridgehead atoms. The molecule has 1 amide bonds. The molecule has 0 unspecified atom stereocenters. The van der Waals surface area contributed by atoms with Crippen LogP contribution in [0.1, 0.15) is 22.0 Å². The number of nitrogens with two attached hydrogens (primary N) is 2. The maximum atomic E-state index is 14.5. The second-order valence-electron chi connectivity index (χ2n) is 6.66. The zero-order chi connectivity index (χ0) is 21.1. The number of amides is 1. The fraction of sp³-hybridized carbons (Fsp3) is 0.0952. The molecule has 4 aromatic rings. The third-order valence-corrected chi connectivity index (χ3v) is 5.27. The number of fused-ring (bicyclic) bond motifs is 1. The second-order valence-corrected chi connectivity index (χ2v) is 7.44. The molecule has 0 aliphatic heterocycles. The maximum Gasteiger partial charge on any atom is 0.252 e. The minimum absolute atomic E-state index is 0.0179. The van der Waals surface area contributed by atoms with E-state index in [0.717, 1.165) is 22.5 Å². The lowest BCUT2D eigenvalue weighted by Gasteiger charge is -2.15. The summed E-state index contributed by atoms with van der Waals surface area (Å²) < 4.78 is 14.5. The molecule has 3 heterocycles. The molecule has 4 rings (SSSR count). The zero-order valence-corrected chi connectivity index (χ0v) is 16.6. The minimum Gasteiger partial charge on any atom is -0.366 e. The third kappa shape index (κ3) is 4.22. The van der Waals surface area contributed by atoms with Gasteiger partial charge < -0.3 is 22.1 Å². The Morgan fingerprint density at radius 3 is 2.83 bits per heavy atom. The van der Waals surface area contributed by atoms with Crippen molar-refractivity contribution in [3.05, 3.63) is 76.4 Å². The molecule has 1 atom stereocenters. The average Bonchev–Trinajstić information content (AvgIpc) is 3.28. The van der Waals surface area contributed by atoms with Crippen LogP contribution in [0, 0.1) is 5.82 Å². The Hall–Kier alpha value is -3.56. The van der Waals surface area contributed by atoms with Gasteiger partial charge >= 0.3 is 0 Å². The standard InChI is InChI=1S/C21H19FN6OS/c22-16-9-15(19(24)29)20(27-14-3-4-18-12(8-14)2-1-6-25-18)28-21(16)26-10-17(23)13-5-7-30-11-13/h1-9,11,17H,10,23H2,(H2,24,29)(H2,26,27,28)/t17-/m1/s1. The Bertz CT molecular complexity index is 1200. The maximum absolute atomic E-state index is 14.5. The van der Waals surface area contributed by atoms with Crippen LogP contribution in [-0.4, -0.2) is 22.4 Å². The van der Waals surface area contributed by atoms with Crippen LogP contribution in [0.25, 0.3) is 10.9 Å². The van der Waals surface area contributed by atoms with E-state index in [1.165, 1.54) is 11.3 Å². The van der Waals surface area contributed by atoms with Gasteiger partial charge in [0.25, 0.3) is 5.91 Å². The van der Waals surface area contributed by atoms with Crippen LogP contribution >= 0.6 is 11.3 Å². The zero-order valence-electron chi connectivity index (χ0n) is 15.8. The Balaban J connectivity index is 1.61. The summed E-state index contributed by atoms with van der Waals surface area (Å²) in [7, 11) is 0. The number of anilines is 3. The van der Waals surface area contributed by atoms with Crippen molar-refractivity contribution in [3.63, 3.8) is 0 Å². The molecule has 0 radical (unpaired) electrons. The molecule has 0 spiro atoms. The average molecular weight is 422 g/mol. The van der Waals surface area contributed by atoms with Gasteiger partial charge in [0.2, 0.25) is 0 Å². The van der Waals surface area contributed by atoms with Gasteiger partial charge in [0.05, 0.1) is 11.1 Å². The Morgan fingerprint density at radius 1 is 1.20 bits per heavy atom. The van der Waals surface area contributed by atoms with Crippen LogP contribution in [0.2, 0.25) is 0 Å². The predicted octanol–water partition coefficient (Wildman–Crippen LogP) is 3.78. The Morgan fingerprint density at radius 2 is 2.07 bits per heavy atom. The second kappa shape index (κ2) is 8.44. The summed E-state index contributed by atoms with van der Waals surface area (Å²) in [6.07, 6.45) is 1.71. The molecule has 6 N–H and O–H groups in total. The number of benzene rings is 1. The lowest BCUT2D eigenvalue weighted by atomic mass is 10.1. The van der Waals surface area contributed by atoms with Gasteiger partial charge in [-0.2, -0.15) is 11.3 Å². The van der Waals surface area contributed by atoms with E-state index in [1.54, 1.807) is 12.3 Å². The number of halogens is 1. The highest BCUT2D eigenvalue weighted by atomic mass is 32.1. The third-order valence-electron chi connectivity index (χ3n) is 4.57. The first-order valence-corrected chi connectivity index (χ1v) is 10.1. The van der Waals surface area contributed by atoms with Crippen LogP contribution < -0.4 is 22.1 Å². The topological polar surface area (TPSA) is 119 Å². The number of nitrogens with one attached hydrogen (secondary N) is 2. The van der Waals surface area contributed by atoms with Gasteiger partial charge in [0, 0.05) is 29.9 Å². The summed E-state index contributed by atoms with van der Waals surface area (Å²) in [6.45, 7) is 0.275. The van der Waals surface area contributed by atoms with Crippen molar-refractivity contribution in [2.75, 3.05) is 17.2 Å². The van der Waals surface area contributed by atoms with E-state index in [0.29, 0.717) is 5.69 Å².